The first-order chi connectivity index (χ1) is 10.4. The van der Waals surface area contributed by atoms with Gasteiger partial charge in [-0.05, 0) is 50.0 Å². The molecule has 1 aromatic rings. The lowest BCUT2D eigenvalue weighted by Crippen LogP contribution is -2.31. The molecule has 0 radical (unpaired) electrons. The molecular formula is C17H31O4PSi. The van der Waals surface area contributed by atoms with E-state index in [9.17, 15) is 4.57 Å². The molecule has 0 amide bonds. The molecule has 0 aliphatic heterocycles. The SMILES string of the molecule is COP(=O)(CCC(C)(C)c1cc(C)ccc1O[Si](C)(C)C)OC. The van der Waals surface area contributed by atoms with Crippen molar-refractivity contribution in [3.8, 4) is 5.75 Å². The monoisotopic (exact) mass is 358 g/mol. The summed E-state index contributed by atoms with van der Waals surface area (Å²) in [4.78, 5) is 0. The van der Waals surface area contributed by atoms with E-state index in [1.165, 1.54) is 19.8 Å². The predicted molar refractivity (Wildman–Crippen MR) is 99.3 cm³/mol. The Hall–Kier alpha value is -0.613. The lowest BCUT2D eigenvalue weighted by atomic mass is 9.81. The van der Waals surface area contributed by atoms with Gasteiger partial charge in [-0.3, -0.25) is 4.57 Å². The van der Waals surface area contributed by atoms with Crippen molar-refractivity contribution in [1.82, 2.24) is 0 Å². The van der Waals surface area contributed by atoms with E-state index in [1.54, 1.807) is 0 Å². The first kappa shape index (κ1) is 20.4. The normalized spacial score (nSPS) is 13.2. The molecule has 1 aromatic carbocycles. The van der Waals surface area contributed by atoms with Gasteiger partial charge in [0.15, 0.2) is 0 Å². The van der Waals surface area contributed by atoms with Crippen LogP contribution in [0.2, 0.25) is 19.6 Å². The zero-order valence-corrected chi connectivity index (χ0v) is 17.6. The molecule has 0 atom stereocenters. The molecule has 0 aromatic heterocycles. The average molecular weight is 358 g/mol. The fourth-order valence-corrected chi connectivity index (χ4v) is 4.58. The number of rotatable bonds is 8. The Morgan fingerprint density at radius 1 is 1.13 bits per heavy atom. The summed E-state index contributed by atoms with van der Waals surface area (Å²) in [6.45, 7) is 12.9. The van der Waals surface area contributed by atoms with Crippen molar-refractivity contribution in [2.24, 2.45) is 0 Å². The largest absolute Gasteiger partial charge is 0.544 e. The lowest BCUT2D eigenvalue weighted by Gasteiger charge is -2.31. The number of hydrogen-bond acceptors (Lipinski definition) is 4. The van der Waals surface area contributed by atoms with Crippen LogP contribution >= 0.6 is 7.60 Å². The van der Waals surface area contributed by atoms with Gasteiger partial charge in [0.1, 0.15) is 5.75 Å². The Kier molecular flexibility index (Phi) is 6.68. The van der Waals surface area contributed by atoms with Gasteiger partial charge in [0, 0.05) is 14.2 Å². The summed E-state index contributed by atoms with van der Waals surface area (Å²) in [5, 5.41) is 0. The second-order valence-electron chi connectivity index (χ2n) is 7.55. The molecule has 1 rings (SSSR count). The van der Waals surface area contributed by atoms with Crippen LogP contribution in [0.1, 0.15) is 31.4 Å². The Morgan fingerprint density at radius 2 is 1.70 bits per heavy atom. The van der Waals surface area contributed by atoms with E-state index in [-0.39, 0.29) is 5.41 Å². The highest BCUT2D eigenvalue weighted by Gasteiger charge is 2.31. The zero-order chi connectivity index (χ0) is 17.9. The van der Waals surface area contributed by atoms with E-state index in [2.05, 4.69) is 58.6 Å². The first-order valence-electron chi connectivity index (χ1n) is 7.93. The second kappa shape index (κ2) is 7.52. The molecule has 0 aliphatic carbocycles. The van der Waals surface area contributed by atoms with Gasteiger partial charge in [0.2, 0.25) is 8.32 Å². The summed E-state index contributed by atoms with van der Waals surface area (Å²) in [5.41, 5.74) is 2.16. The topological polar surface area (TPSA) is 44.8 Å². The second-order valence-corrected chi connectivity index (χ2v) is 14.4. The third-order valence-electron chi connectivity index (χ3n) is 3.85. The maximum absolute atomic E-state index is 12.3. The van der Waals surface area contributed by atoms with Crippen LogP contribution in [0.25, 0.3) is 0 Å². The van der Waals surface area contributed by atoms with Crippen molar-refractivity contribution in [1.29, 1.82) is 0 Å². The molecule has 6 heteroatoms. The molecule has 0 saturated carbocycles. The van der Waals surface area contributed by atoms with Crippen molar-refractivity contribution in [3.63, 3.8) is 0 Å². The minimum atomic E-state index is -3.00. The van der Waals surface area contributed by atoms with Crippen LogP contribution in [0.3, 0.4) is 0 Å². The molecule has 0 bridgehead atoms. The predicted octanol–water partition coefficient (Wildman–Crippen LogP) is 5.36. The molecule has 0 unspecified atom stereocenters. The van der Waals surface area contributed by atoms with Gasteiger partial charge in [-0.25, -0.2) is 0 Å². The average Bonchev–Trinajstić information content (AvgIpc) is 2.45. The summed E-state index contributed by atoms with van der Waals surface area (Å²) >= 11 is 0. The van der Waals surface area contributed by atoms with E-state index >= 15 is 0 Å². The Labute approximate surface area is 142 Å². The van der Waals surface area contributed by atoms with Gasteiger partial charge < -0.3 is 13.5 Å². The number of hydrogen-bond donors (Lipinski definition) is 0. The lowest BCUT2D eigenvalue weighted by molar-refractivity contribution is 0.271. The van der Waals surface area contributed by atoms with Gasteiger partial charge in [0.05, 0.1) is 6.16 Å². The highest BCUT2D eigenvalue weighted by atomic mass is 31.2. The van der Waals surface area contributed by atoms with Crippen molar-refractivity contribution < 1.29 is 18.0 Å². The van der Waals surface area contributed by atoms with Crippen molar-refractivity contribution >= 4 is 15.9 Å². The van der Waals surface area contributed by atoms with Crippen LogP contribution < -0.4 is 4.43 Å². The third-order valence-corrected chi connectivity index (χ3v) is 6.56. The third kappa shape index (κ3) is 6.07. The zero-order valence-electron chi connectivity index (χ0n) is 15.7. The summed E-state index contributed by atoms with van der Waals surface area (Å²) in [6.07, 6.45) is 1.07. The number of aryl methyl sites for hydroxylation is 1. The van der Waals surface area contributed by atoms with E-state index in [4.69, 9.17) is 13.5 Å². The van der Waals surface area contributed by atoms with Crippen LogP contribution in [-0.4, -0.2) is 28.7 Å². The van der Waals surface area contributed by atoms with Crippen molar-refractivity contribution in [3.05, 3.63) is 29.3 Å². The standard InChI is InChI=1S/C17H31O4PSi/c1-14-9-10-16(21-23(6,7)8)15(13-14)17(2,3)11-12-22(18,19-4)20-5/h9-10,13H,11-12H2,1-8H3. The maximum atomic E-state index is 12.3. The fraction of sp³-hybridized carbons (Fsp3) is 0.647. The Morgan fingerprint density at radius 3 is 2.17 bits per heavy atom. The van der Waals surface area contributed by atoms with Crippen molar-refractivity contribution in [2.45, 2.75) is 52.2 Å². The summed E-state index contributed by atoms with van der Waals surface area (Å²) in [7, 11) is -1.83. The minimum Gasteiger partial charge on any atom is -0.544 e. The van der Waals surface area contributed by atoms with Crippen LogP contribution in [0.5, 0.6) is 5.75 Å². The molecule has 0 fully saturated rings. The Bertz CT molecular complexity index is 570. The van der Waals surface area contributed by atoms with E-state index in [0.29, 0.717) is 12.6 Å². The van der Waals surface area contributed by atoms with Crippen LogP contribution in [0.15, 0.2) is 18.2 Å². The quantitative estimate of drug-likeness (QED) is 0.463. The minimum absolute atomic E-state index is 0.187. The molecular weight excluding hydrogens is 327 g/mol. The molecule has 0 spiro atoms. The molecule has 23 heavy (non-hydrogen) atoms. The van der Waals surface area contributed by atoms with Crippen LogP contribution in [0.4, 0.5) is 0 Å². The molecule has 0 saturated heterocycles. The number of benzene rings is 1. The summed E-state index contributed by atoms with van der Waals surface area (Å²) < 4.78 is 28.7. The molecule has 0 aliphatic rings. The van der Waals surface area contributed by atoms with Gasteiger partial charge in [-0.15, -0.1) is 0 Å². The summed E-state index contributed by atoms with van der Waals surface area (Å²) in [5.74, 6) is 0.935. The van der Waals surface area contributed by atoms with E-state index in [0.717, 1.165) is 11.3 Å². The fourth-order valence-electron chi connectivity index (χ4n) is 2.40. The molecule has 0 N–H and O–H groups in total. The Balaban J connectivity index is 3.11. The smallest absolute Gasteiger partial charge is 0.330 e. The molecule has 132 valence electrons. The maximum Gasteiger partial charge on any atom is 0.330 e. The van der Waals surface area contributed by atoms with Crippen molar-refractivity contribution in [2.75, 3.05) is 20.4 Å². The highest BCUT2D eigenvalue weighted by Crippen LogP contribution is 2.49. The molecule has 4 nitrogen and oxygen atoms in total. The first-order valence-corrected chi connectivity index (χ1v) is 13.1. The van der Waals surface area contributed by atoms with Crippen LogP contribution in [0, 0.1) is 6.92 Å². The highest BCUT2D eigenvalue weighted by molar-refractivity contribution is 7.53. The van der Waals surface area contributed by atoms with Crippen LogP contribution in [-0.2, 0) is 19.0 Å². The summed E-state index contributed by atoms with van der Waals surface area (Å²) in [6, 6.07) is 6.29. The van der Waals surface area contributed by atoms with Gasteiger partial charge in [-0.2, -0.15) is 0 Å². The van der Waals surface area contributed by atoms with Gasteiger partial charge in [-0.1, -0.05) is 31.5 Å². The van der Waals surface area contributed by atoms with Gasteiger partial charge >= 0.3 is 7.60 Å². The van der Waals surface area contributed by atoms with E-state index in [1.807, 2.05) is 0 Å². The van der Waals surface area contributed by atoms with Gasteiger partial charge in [0.25, 0.3) is 0 Å². The van der Waals surface area contributed by atoms with E-state index < -0.39 is 15.9 Å². The molecule has 0 heterocycles.